The summed E-state index contributed by atoms with van der Waals surface area (Å²) < 4.78 is 5.59. The average molecular weight is 532 g/mol. The number of carbonyl (C=O) groups is 2. The molecule has 3 N–H and O–H groups in total. The number of anilines is 1. The highest BCUT2D eigenvalue weighted by Gasteiger charge is 2.29. The van der Waals surface area contributed by atoms with Gasteiger partial charge in [0.1, 0.15) is 5.75 Å². The second-order valence-corrected chi connectivity index (χ2v) is 10.9. The first kappa shape index (κ1) is 28.3. The summed E-state index contributed by atoms with van der Waals surface area (Å²) in [5, 5.41) is 12.6. The smallest absolute Gasteiger partial charge is 0.347 e. The van der Waals surface area contributed by atoms with Crippen LogP contribution < -0.4 is 15.0 Å². The van der Waals surface area contributed by atoms with Crippen LogP contribution in [-0.4, -0.2) is 40.7 Å². The van der Waals surface area contributed by atoms with Gasteiger partial charge in [-0.15, -0.1) is 0 Å². The van der Waals surface area contributed by atoms with E-state index in [0.717, 1.165) is 49.2 Å². The third-order valence-corrected chi connectivity index (χ3v) is 7.37. The Kier molecular flexibility index (Phi) is 9.33. The molecule has 1 amide bonds. The molecule has 0 aliphatic carbocycles. The quantitative estimate of drug-likeness (QED) is 0.248. The summed E-state index contributed by atoms with van der Waals surface area (Å²) in [5.41, 5.74) is 4.15. The molecule has 0 spiro atoms. The maximum absolute atomic E-state index is 13.3. The van der Waals surface area contributed by atoms with Crippen molar-refractivity contribution in [2.45, 2.75) is 77.4 Å². The Morgan fingerprint density at radius 2 is 1.82 bits per heavy atom. The van der Waals surface area contributed by atoms with Crippen LogP contribution in [0.15, 0.2) is 60.8 Å². The zero-order valence-electron chi connectivity index (χ0n) is 23.3. The van der Waals surface area contributed by atoms with Crippen LogP contribution in [0.25, 0.3) is 11.3 Å². The minimum absolute atomic E-state index is 0.0336. The standard InChI is InChI=1S/C32H41N3O4/c1-4-5-10-28(34-30(36)21-23-12-15-25(16-13-23)39-32(2,3)31(37)38)26-17-14-24(27-11-9-18-33-27)22-29(26)35-19-7-6-8-20-35/h9,11-18,22,28,33H,4-8,10,19-21H2,1-3H3,(H,34,36)(H,37,38). The van der Waals surface area contributed by atoms with Crippen molar-refractivity contribution in [2.75, 3.05) is 18.0 Å². The molecule has 1 fully saturated rings. The van der Waals surface area contributed by atoms with Crippen molar-refractivity contribution in [1.29, 1.82) is 0 Å². The van der Waals surface area contributed by atoms with Gasteiger partial charge in [-0.05, 0) is 86.6 Å². The zero-order valence-corrected chi connectivity index (χ0v) is 23.3. The van der Waals surface area contributed by atoms with Crippen molar-refractivity contribution in [3.05, 3.63) is 71.9 Å². The number of ether oxygens (including phenoxy) is 1. The summed E-state index contributed by atoms with van der Waals surface area (Å²) >= 11 is 0. The van der Waals surface area contributed by atoms with Gasteiger partial charge in [0.2, 0.25) is 5.91 Å². The molecule has 1 unspecified atom stereocenters. The van der Waals surface area contributed by atoms with Crippen LogP contribution in [-0.2, 0) is 16.0 Å². The number of unbranched alkanes of at least 4 members (excludes halogenated alkanes) is 1. The van der Waals surface area contributed by atoms with E-state index < -0.39 is 11.6 Å². The Hall–Kier alpha value is -3.74. The molecule has 3 aromatic rings. The van der Waals surface area contributed by atoms with Gasteiger partial charge in [-0.25, -0.2) is 4.79 Å². The highest BCUT2D eigenvalue weighted by molar-refractivity contribution is 5.80. The maximum Gasteiger partial charge on any atom is 0.347 e. The van der Waals surface area contributed by atoms with Crippen molar-refractivity contribution in [3.63, 3.8) is 0 Å². The molecule has 1 aromatic heterocycles. The van der Waals surface area contributed by atoms with Gasteiger partial charge in [0.15, 0.2) is 5.60 Å². The molecule has 1 atom stereocenters. The summed E-state index contributed by atoms with van der Waals surface area (Å²) in [6.07, 6.45) is 8.76. The third kappa shape index (κ3) is 7.43. The highest BCUT2D eigenvalue weighted by atomic mass is 16.5. The molecule has 0 radical (unpaired) electrons. The number of nitrogens with zero attached hydrogens (tertiary/aromatic N) is 1. The van der Waals surface area contributed by atoms with E-state index >= 15 is 0 Å². The normalized spacial score (nSPS) is 14.6. The van der Waals surface area contributed by atoms with Crippen molar-refractivity contribution in [1.82, 2.24) is 10.3 Å². The Balaban J connectivity index is 1.53. The van der Waals surface area contributed by atoms with Gasteiger partial charge in [0.25, 0.3) is 0 Å². The Labute approximate surface area is 231 Å². The van der Waals surface area contributed by atoms with E-state index in [4.69, 9.17) is 4.74 Å². The van der Waals surface area contributed by atoms with E-state index in [9.17, 15) is 14.7 Å². The van der Waals surface area contributed by atoms with Crippen LogP contribution in [0.4, 0.5) is 5.69 Å². The summed E-state index contributed by atoms with van der Waals surface area (Å²) in [6, 6.07) is 17.7. The Morgan fingerprint density at radius 1 is 1.08 bits per heavy atom. The van der Waals surface area contributed by atoms with Crippen LogP contribution in [0, 0.1) is 0 Å². The molecule has 4 rings (SSSR count). The summed E-state index contributed by atoms with van der Waals surface area (Å²) in [7, 11) is 0. The first-order valence-electron chi connectivity index (χ1n) is 14.1. The van der Waals surface area contributed by atoms with Gasteiger partial charge in [0, 0.05) is 30.7 Å². The van der Waals surface area contributed by atoms with Gasteiger partial charge in [0.05, 0.1) is 12.5 Å². The number of carboxylic acid groups (broad SMARTS) is 1. The number of nitrogens with one attached hydrogen (secondary N) is 2. The predicted octanol–water partition coefficient (Wildman–Crippen LogP) is 6.50. The van der Waals surface area contributed by atoms with E-state index in [-0.39, 0.29) is 18.4 Å². The molecule has 0 saturated carbocycles. The topological polar surface area (TPSA) is 94.7 Å². The molecule has 2 heterocycles. The summed E-state index contributed by atoms with van der Waals surface area (Å²) in [6.45, 7) is 7.26. The van der Waals surface area contributed by atoms with Crippen LogP contribution in [0.2, 0.25) is 0 Å². The minimum Gasteiger partial charge on any atom is -0.478 e. The third-order valence-electron chi connectivity index (χ3n) is 7.37. The van der Waals surface area contributed by atoms with Crippen molar-refractivity contribution >= 4 is 17.6 Å². The second kappa shape index (κ2) is 12.9. The lowest BCUT2D eigenvalue weighted by molar-refractivity contribution is -0.152. The average Bonchev–Trinajstić information content (AvgIpc) is 3.47. The number of carboxylic acids is 1. The second-order valence-electron chi connectivity index (χ2n) is 10.9. The number of rotatable bonds is 12. The molecule has 208 valence electrons. The summed E-state index contributed by atoms with van der Waals surface area (Å²) in [4.78, 5) is 30.4. The fraction of sp³-hybridized carbons (Fsp3) is 0.438. The lowest BCUT2D eigenvalue weighted by atomic mass is 9.95. The Bertz CT molecular complexity index is 1230. The van der Waals surface area contributed by atoms with Gasteiger partial charge >= 0.3 is 5.97 Å². The molecule has 39 heavy (non-hydrogen) atoms. The number of aliphatic carboxylic acids is 1. The number of hydrogen-bond acceptors (Lipinski definition) is 4. The Morgan fingerprint density at radius 3 is 2.46 bits per heavy atom. The van der Waals surface area contributed by atoms with Gasteiger partial charge in [-0.1, -0.05) is 44.0 Å². The van der Waals surface area contributed by atoms with Gasteiger partial charge in [-0.3, -0.25) is 4.79 Å². The number of aromatic amines is 1. The molecule has 1 aliphatic heterocycles. The maximum atomic E-state index is 13.3. The number of carbonyl (C=O) groups excluding carboxylic acids is 1. The van der Waals surface area contributed by atoms with E-state index in [1.807, 2.05) is 24.4 Å². The molecule has 7 nitrogen and oxygen atoms in total. The lowest BCUT2D eigenvalue weighted by Crippen LogP contribution is -2.37. The van der Waals surface area contributed by atoms with Crippen molar-refractivity contribution in [3.8, 4) is 17.0 Å². The van der Waals surface area contributed by atoms with E-state index in [1.54, 1.807) is 12.1 Å². The van der Waals surface area contributed by atoms with Crippen LogP contribution in [0.3, 0.4) is 0 Å². The van der Waals surface area contributed by atoms with Crippen molar-refractivity contribution in [2.24, 2.45) is 0 Å². The van der Waals surface area contributed by atoms with Gasteiger partial charge in [-0.2, -0.15) is 0 Å². The number of aromatic nitrogens is 1. The number of benzene rings is 2. The number of hydrogen-bond donors (Lipinski definition) is 3. The predicted molar refractivity (Wildman–Crippen MR) is 155 cm³/mol. The van der Waals surface area contributed by atoms with Crippen LogP contribution in [0.1, 0.15) is 76.5 Å². The fourth-order valence-corrected chi connectivity index (χ4v) is 5.08. The molecule has 0 bridgehead atoms. The molecular weight excluding hydrogens is 490 g/mol. The van der Waals surface area contributed by atoms with E-state index in [2.05, 4.69) is 46.4 Å². The minimum atomic E-state index is -1.33. The largest absolute Gasteiger partial charge is 0.478 e. The molecular formula is C32H41N3O4. The first-order valence-corrected chi connectivity index (χ1v) is 14.1. The van der Waals surface area contributed by atoms with Crippen LogP contribution >= 0.6 is 0 Å². The number of piperidine rings is 1. The number of amides is 1. The van der Waals surface area contributed by atoms with E-state index in [0.29, 0.717) is 5.75 Å². The van der Waals surface area contributed by atoms with Gasteiger partial charge < -0.3 is 25.0 Å². The molecule has 7 heteroatoms. The fourth-order valence-electron chi connectivity index (χ4n) is 5.08. The zero-order chi connectivity index (χ0) is 27.8. The lowest BCUT2D eigenvalue weighted by Gasteiger charge is -2.33. The monoisotopic (exact) mass is 531 g/mol. The van der Waals surface area contributed by atoms with Crippen molar-refractivity contribution < 1.29 is 19.4 Å². The SMILES string of the molecule is CCCCC(NC(=O)Cc1ccc(OC(C)(C)C(=O)O)cc1)c1ccc(-c2ccc[nH]2)cc1N1CCCCC1. The first-order chi connectivity index (χ1) is 18.8. The van der Waals surface area contributed by atoms with E-state index in [1.165, 1.54) is 44.4 Å². The van der Waals surface area contributed by atoms with Crippen LogP contribution in [0.5, 0.6) is 5.75 Å². The molecule has 1 aliphatic rings. The molecule has 2 aromatic carbocycles. The number of H-pyrrole nitrogens is 1. The highest BCUT2D eigenvalue weighted by Crippen LogP contribution is 2.35. The molecule has 1 saturated heterocycles. The summed E-state index contributed by atoms with van der Waals surface area (Å²) in [5.74, 6) is -0.608.